The van der Waals surface area contributed by atoms with Crippen molar-refractivity contribution in [2.24, 2.45) is 0 Å². The quantitative estimate of drug-likeness (QED) is 0.462. The third-order valence-electron chi connectivity index (χ3n) is 4.69. The second-order valence-electron chi connectivity index (χ2n) is 6.51. The zero-order valence-electron chi connectivity index (χ0n) is 15.3. The Hall–Kier alpha value is -3.83. The lowest BCUT2D eigenvalue weighted by atomic mass is 10.1. The summed E-state index contributed by atoms with van der Waals surface area (Å²) in [6.45, 7) is 0.710. The van der Waals surface area contributed by atoms with Crippen molar-refractivity contribution in [3.63, 3.8) is 0 Å². The number of benzene rings is 1. The highest BCUT2D eigenvalue weighted by molar-refractivity contribution is 7.16. The van der Waals surface area contributed by atoms with E-state index >= 15 is 0 Å². The van der Waals surface area contributed by atoms with Crippen LogP contribution in [0, 0.1) is 11.3 Å². The fraction of sp³-hybridized carbons (Fsp3) is 0.0952. The predicted molar refractivity (Wildman–Crippen MR) is 114 cm³/mol. The standard InChI is InChI=1S/C21H15N7S/c22-8-13-7-15(10-23-9-13)19-27-20(18-21(28-19)29-12-26-18)24-6-5-14-11-25-17-4-2-1-3-16(14)17/h1-4,7,9-12,25H,5-6H2,(H,24,27,28). The summed E-state index contributed by atoms with van der Waals surface area (Å²) >= 11 is 1.46. The van der Waals surface area contributed by atoms with Crippen molar-refractivity contribution < 1.29 is 0 Å². The summed E-state index contributed by atoms with van der Waals surface area (Å²) in [4.78, 5) is 21.9. The van der Waals surface area contributed by atoms with Crippen molar-refractivity contribution in [1.29, 1.82) is 5.26 Å². The van der Waals surface area contributed by atoms with E-state index in [1.54, 1.807) is 17.8 Å². The fourth-order valence-electron chi connectivity index (χ4n) is 3.29. The van der Waals surface area contributed by atoms with E-state index in [1.165, 1.54) is 28.5 Å². The van der Waals surface area contributed by atoms with Crippen LogP contribution < -0.4 is 5.32 Å². The number of rotatable bonds is 5. The molecule has 5 aromatic rings. The third-order valence-corrected chi connectivity index (χ3v) is 5.40. The second kappa shape index (κ2) is 7.30. The molecule has 0 aliphatic heterocycles. The Balaban J connectivity index is 1.43. The summed E-state index contributed by atoms with van der Waals surface area (Å²) in [6, 6.07) is 12.1. The SMILES string of the molecule is N#Cc1cncc(-c2nc(NCCc3c[nH]c4ccccc34)c3ncsc3n2)c1. The average molecular weight is 397 g/mol. The number of nitrogens with zero attached hydrogens (tertiary/aromatic N) is 5. The molecule has 4 heterocycles. The first-order chi connectivity index (χ1) is 14.3. The highest BCUT2D eigenvalue weighted by Gasteiger charge is 2.13. The van der Waals surface area contributed by atoms with Crippen molar-refractivity contribution in [3.8, 4) is 17.5 Å². The van der Waals surface area contributed by atoms with Crippen LogP contribution in [0.1, 0.15) is 11.1 Å². The molecule has 0 aliphatic carbocycles. The molecule has 0 fully saturated rings. The second-order valence-corrected chi connectivity index (χ2v) is 7.35. The molecule has 2 N–H and O–H groups in total. The maximum atomic E-state index is 9.13. The number of aromatic amines is 1. The molecular weight excluding hydrogens is 382 g/mol. The number of pyridine rings is 1. The Morgan fingerprint density at radius 1 is 1.17 bits per heavy atom. The van der Waals surface area contributed by atoms with Gasteiger partial charge in [-0.1, -0.05) is 18.2 Å². The van der Waals surface area contributed by atoms with Crippen LogP contribution in [-0.2, 0) is 6.42 Å². The summed E-state index contributed by atoms with van der Waals surface area (Å²) in [6.07, 6.45) is 6.09. The zero-order chi connectivity index (χ0) is 19.6. The van der Waals surface area contributed by atoms with Gasteiger partial charge in [-0.25, -0.2) is 15.0 Å². The van der Waals surface area contributed by atoms with E-state index in [0.717, 1.165) is 22.3 Å². The monoisotopic (exact) mass is 397 g/mol. The largest absolute Gasteiger partial charge is 0.368 e. The maximum absolute atomic E-state index is 9.13. The van der Waals surface area contributed by atoms with E-state index in [2.05, 4.69) is 54.6 Å². The van der Waals surface area contributed by atoms with Crippen LogP contribution in [0.25, 0.3) is 32.6 Å². The van der Waals surface area contributed by atoms with Gasteiger partial charge < -0.3 is 10.3 Å². The predicted octanol–water partition coefficient (Wildman–Crippen LogP) is 4.16. The molecule has 0 aliphatic rings. The van der Waals surface area contributed by atoms with Crippen molar-refractivity contribution in [1.82, 2.24) is 24.9 Å². The van der Waals surface area contributed by atoms with Gasteiger partial charge in [0.2, 0.25) is 0 Å². The number of aromatic nitrogens is 5. The molecule has 0 bridgehead atoms. The molecule has 0 amide bonds. The number of nitriles is 1. The maximum Gasteiger partial charge on any atom is 0.164 e. The van der Waals surface area contributed by atoms with Crippen molar-refractivity contribution >= 4 is 38.4 Å². The summed E-state index contributed by atoms with van der Waals surface area (Å²) in [5.41, 5.74) is 6.09. The number of para-hydroxylation sites is 1. The number of fused-ring (bicyclic) bond motifs is 2. The molecule has 0 unspecified atom stereocenters. The van der Waals surface area contributed by atoms with Gasteiger partial charge in [0, 0.05) is 41.6 Å². The van der Waals surface area contributed by atoms with Gasteiger partial charge in [0.1, 0.15) is 16.4 Å². The number of hydrogen-bond donors (Lipinski definition) is 2. The Labute approximate surface area is 170 Å². The van der Waals surface area contributed by atoms with Gasteiger partial charge in [0.15, 0.2) is 11.6 Å². The molecule has 4 aromatic heterocycles. The van der Waals surface area contributed by atoms with E-state index in [4.69, 9.17) is 5.26 Å². The molecule has 5 rings (SSSR count). The van der Waals surface area contributed by atoms with Crippen molar-refractivity contribution in [2.45, 2.75) is 6.42 Å². The minimum atomic E-state index is 0.476. The number of hydrogen-bond acceptors (Lipinski definition) is 7. The van der Waals surface area contributed by atoms with Crippen LogP contribution in [0.2, 0.25) is 0 Å². The highest BCUT2D eigenvalue weighted by atomic mass is 32.1. The fourth-order valence-corrected chi connectivity index (χ4v) is 3.95. The topological polar surface area (TPSA) is 103 Å². The van der Waals surface area contributed by atoms with E-state index in [1.807, 2.05) is 12.1 Å². The Kier molecular flexibility index (Phi) is 4.35. The van der Waals surface area contributed by atoms with Crippen LogP contribution >= 0.6 is 11.3 Å². The van der Waals surface area contributed by atoms with Gasteiger partial charge in [-0.15, -0.1) is 11.3 Å². The molecule has 0 spiro atoms. The number of nitrogens with one attached hydrogen (secondary N) is 2. The molecule has 7 nitrogen and oxygen atoms in total. The van der Waals surface area contributed by atoms with E-state index < -0.39 is 0 Å². The first-order valence-electron chi connectivity index (χ1n) is 9.07. The van der Waals surface area contributed by atoms with E-state index in [9.17, 15) is 0 Å². The third kappa shape index (κ3) is 3.28. The van der Waals surface area contributed by atoms with Crippen molar-refractivity contribution in [2.75, 3.05) is 11.9 Å². The smallest absolute Gasteiger partial charge is 0.164 e. The minimum absolute atomic E-state index is 0.476. The Morgan fingerprint density at radius 3 is 3.03 bits per heavy atom. The number of thiazole rings is 1. The van der Waals surface area contributed by atoms with E-state index in [-0.39, 0.29) is 0 Å². The summed E-state index contributed by atoms with van der Waals surface area (Å²) in [7, 11) is 0. The van der Waals surface area contributed by atoms with Crippen LogP contribution in [0.5, 0.6) is 0 Å². The van der Waals surface area contributed by atoms with Crippen LogP contribution in [0.4, 0.5) is 5.82 Å². The van der Waals surface area contributed by atoms with Gasteiger partial charge in [-0.05, 0) is 24.1 Å². The van der Waals surface area contributed by atoms with Crippen LogP contribution in [-0.4, -0.2) is 31.5 Å². The number of H-pyrrole nitrogens is 1. The summed E-state index contributed by atoms with van der Waals surface area (Å²) in [5, 5.41) is 13.8. The molecule has 29 heavy (non-hydrogen) atoms. The molecule has 0 saturated heterocycles. The molecule has 8 heteroatoms. The molecule has 140 valence electrons. The minimum Gasteiger partial charge on any atom is -0.368 e. The first-order valence-corrected chi connectivity index (χ1v) is 9.95. The lowest BCUT2D eigenvalue weighted by Gasteiger charge is -2.08. The van der Waals surface area contributed by atoms with Gasteiger partial charge >= 0.3 is 0 Å². The lowest BCUT2D eigenvalue weighted by molar-refractivity contribution is 1.01. The first kappa shape index (κ1) is 17.3. The van der Waals surface area contributed by atoms with Gasteiger partial charge in [-0.3, -0.25) is 4.98 Å². The van der Waals surface area contributed by atoms with E-state index in [0.29, 0.717) is 29.3 Å². The Bertz CT molecular complexity index is 1360. The Morgan fingerprint density at radius 2 is 2.10 bits per heavy atom. The van der Waals surface area contributed by atoms with Crippen LogP contribution in [0.3, 0.4) is 0 Å². The molecule has 0 saturated carbocycles. The zero-order valence-corrected chi connectivity index (χ0v) is 16.1. The number of anilines is 1. The average Bonchev–Trinajstić information content (AvgIpc) is 3.41. The van der Waals surface area contributed by atoms with Gasteiger partial charge in [-0.2, -0.15) is 5.26 Å². The lowest BCUT2D eigenvalue weighted by Crippen LogP contribution is -2.08. The molecule has 0 radical (unpaired) electrons. The van der Waals surface area contributed by atoms with Gasteiger partial charge in [0.05, 0.1) is 11.1 Å². The highest BCUT2D eigenvalue weighted by Crippen LogP contribution is 2.26. The summed E-state index contributed by atoms with van der Waals surface area (Å²) < 4.78 is 0. The normalized spacial score (nSPS) is 11.0. The van der Waals surface area contributed by atoms with Crippen molar-refractivity contribution in [3.05, 3.63) is 65.6 Å². The van der Waals surface area contributed by atoms with Crippen LogP contribution in [0.15, 0.2) is 54.4 Å². The molecule has 1 aromatic carbocycles. The molecule has 0 atom stereocenters. The van der Waals surface area contributed by atoms with Gasteiger partial charge in [0.25, 0.3) is 0 Å². The molecular formula is C21H15N7S. The summed E-state index contributed by atoms with van der Waals surface area (Å²) in [5.74, 6) is 1.22.